The van der Waals surface area contributed by atoms with Crippen molar-refractivity contribution in [3.63, 3.8) is 0 Å². The molecule has 0 atom stereocenters. The minimum atomic E-state index is -0.0703. The predicted octanol–water partition coefficient (Wildman–Crippen LogP) is 3.80. The van der Waals surface area contributed by atoms with E-state index < -0.39 is 0 Å². The van der Waals surface area contributed by atoms with Gasteiger partial charge in [0.15, 0.2) is 23.6 Å². The van der Waals surface area contributed by atoms with Gasteiger partial charge in [-0.3, -0.25) is 4.40 Å². The van der Waals surface area contributed by atoms with Crippen molar-refractivity contribution in [2.75, 3.05) is 7.11 Å². The number of aromatic nitrogens is 5. The lowest BCUT2D eigenvalue weighted by molar-refractivity contribution is -0.693. The highest BCUT2D eigenvalue weighted by molar-refractivity contribution is 7.09. The van der Waals surface area contributed by atoms with Gasteiger partial charge in [-0.25, -0.2) is 9.97 Å². The molecule has 1 aromatic carbocycles. The third-order valence-corrected chi connectivity index (χ3v) is 5.51. The Morgan fingerprint density at radius 2 is 1.93 bits per heavy atom. The number of methoxy groups -OCH3 is 1. The Hall–Kier alpha value is -2.80. The molecule has 0 saturated carbocycles. The average molecular weight is 395 g/mol. The smallest absolute Gasteiger partial charge is 0.204 e. The number of imidazole rings is 1. The summed E-state index contributed by atoms with van der Waals surface area (Å²) in [6.07, 6.45) is 6.04. The highest BCUT2D eigenvalue weighted by Gasteiger charge is 2.23. The van der Waals surface area contributed by atoms with Crippen molar-refractivity contribution in [3.8, 4) is 16.6 Å². The zero-order valence-electron chi connectivity index (χ0n) is 16.8. The van der Waals surface area contributed by atoms with E-state index in [-0.39, 0.29) is 5.41 Å². The van der Waals surface area contributed by atoms with Crippen LogP contribution in [0, 0.1) is 6.92 Å². The number of ether oxygens (including phenoxy) is 1. The number of hydrogen-bond donors (Lipinski definition) is 0. The molecule has 0 unspecified atom stereocenters. The van der Waals surface area contributed by atoms with E-state index in [0.717, 1.165) is 40.2 Å². The molecule has 0 aliphatic heterocycles. The maximum Gasteiger partial charge on any atom is 0.204 e. The van der Waals surface area contributed by atoms with Gasteiger partial charge in [-0.05, 0) is 35.8 Å². The average Bonchev–Trinajstić information content (AvgIpc) is 3.31. The molecule has 6 nitrogen and oxygen atoms in total. The topological polar surface area (TPSA) is 56.2 Å². The van der Waals surface area contributed by atoms with Crippen LogP contribution in [0.4, 0.5) is 0 Å². The number of rotatable bonds is 4. The minimum absolute atomic E-state index is 0.0703. The van der Waals surface area contributed by atoms with Gasteiger partial charge >= 0.3 is 0 Å². The molecule has 0 N–H and O–H groups in total. The molecule has 3 aromatic heterocycles. The molecule has 0 aliphatic rings. The van der Waals surface area contributed by atoms with Crippen LogP contribution in [0.5, 0.6) is 5.75 Å². The molecular weight excluding hydrogens is 370 g/mol. The first kappa shape index (κ1) is 18.6. The first-order valence-corrected chi connectivity index (χ1v) is 9.98. The first-order chi connectivity index (χ1) is 13.4. The quantitative estimate of drug-likeness (QED) is 0.494. The second-order valence-electron chi connectivity index (χ2n) is 7.87. The van der Waals surface area contributed by atoms with Gasteiger partial charge in [0.1, 0.15) is 17.1 Å². The summed E-state index contributed by atoms with van der Waals surface area (Å²) in [5.41, 5.74) is 3.37. The van der Waals surface area contributed by atoms with Crippen LogP contribution >= 0.6 is 11.5 Å². The fraction of sp³-hybridized carbons (Fsp3) is 0.333. The summed E-state index contributed by atoms with van der Waals surface area (Å²) in [4.78, 5) is 9.35. The van der Waals surface area contributed by atoms with Crippen LogP contribution in [-0.2, 0) is 12.0 Å². The lowest BCUT2D eigenvalue weighted by Crippen LogP contribution is -2.37. The lowest BCUT2D eigenvalue weighted by atomic mass is 9.96. The molecule has 0 fully saturated rings. The van der Waals surface area contributed by atoms with E-state index in [4.69, 9.17) is 9.72 Å². The molecule has 0 amide bonds. The van der Waals surface area contributed by atoms with Gasteiger partial charge in [0.05, 0.1) is 19.5 Å². The fourth-order valence-corrected chi connectivity index (χ4v) is 3.91. The number of aryl methyl sites for hydroxylation is 1. The third-order valence-electron chi connectivity index (χ3n) is 4.79. The van der Waals surface area contributed by atoms with E-state index in [9.17, 15) is 0 Å². The van der Waals surface area contributed by atoms with Gasteiger partial charge in [0.2, 0.25) is 5.69 Å². The summed E-state index contributed by atoms with van der Waals surface area (Å²) in [6, 6.07) is 8.16. The van der Waals surface area contributed by atoms with Crippen LogP contribution in [0.2, 0.25) is 0 Å². The number of fused-ring (bicyclic) bond motifs is 1. The predicted molar refractivity (Wildman–Crippen MR) is 110 cm³/mol. The SMILES string of the molecule is COc1ccc(C[n+]2ccn3c(-c4nc(C(C)(C)C)ns4)ncc3c2C)cc1. The van der Waals surface area contributed by atoms with Crippen LogP contribution in [-0.4, -0.2) is 25.9 Å². The Balaban J connectivity index is 1.68. The maximum atomic E-state index is 5.24. The standard InChI is InChI=1S/C21H24N5OS/c1-14-17-12-22-18(19-23-20(24-28-19)21(2,3)4)26(17)11-10-25(14)13-15-6-8-16(27-5)9-7-15/h6-12H,13H2,1-5H3/q+1. The number of nitrogens with zero attached hydrogens (tertiary/aromatic N) is 5. The molecule has 0 radical (unpaired) electrons. The van der Waals surface area contributed by atoms with E-state index >= 15 is 0 Å². The molecule has 28 heavy (non-hydrogen) atoms. The molecule has 4 rings (SSSR count). The molecule has 4 aromatic rings. The zero-order chi connectivity index (χ0) is 19.9. The van der Waals surface area contributed by atoms with Gasteiger partial charge in [-0.15, -0.1) is 0 Å². The van der Waals surface area contributed by atoms with Crippen molar-refractivity contribution in [1.82, 2.24) is 18.7 Å². The van der Waals surface area contributed by atoms with E-state index in [0.29, 0.717) is 0 Å². The summed E-state index contributed by atoms with van der Waals surface area (Å²) in [7, 11) is 1.68. The summed E-state index contributed by atoms with van der Waals surface area (Å²) < 4.78 is 14.1. The van der Waals surface area contributed by atoms with Gasteiger partial charge < -0.3 is 4.74 Å². The van der Waals surface area contributed by atoms with Crippen LogP contribution < -0.4 is 9.30 Å². The second kappa shape index (κ2) is 6.98. The fourth-order valence-electron chi connectivity index (χ4n) is 3.06. The van der Waals surface area contributed by atoms with Crippen molar-refractivity contribution in [3.05, 3.63) is 59.9 Å². The van der Waals surface area contributed by atoms with Gasteiger partial charge in [0.25, 0.3) is 0 Å². The molecule has 0 aliphatic carbocycles. The first-order valence-electron chi connectivity index (χ1n) is 9.20. The molecular formula is C21H24N5OS+. The number of hydrogen-bond acceptors (Lipinski definition) is 5. The van der Waals surface area contributed by atoms with Crippen LogP contribution in [0.25, 0.3) is 16.3 Å². The summed E-state index contributed by atoms with van der Waals surface area (Å²) >= 11 is 1.40. The van der Waals surface area contributed by atoms with Crippen molar-refractivity contribution in [2.45, 2.75) is 39.7 Å². The maximum absolute atomic E-state index is 5.24. The highest BCUT2D eigenvalue weighted by Crippen LogP contribution is 2.27. The largest absolute Gasteiger partial charge is 0.497 e. The van der Waals surface area contributed by atoms with Crippen LogP contribution in [0.1, 0.15) is 37.9 Å². The molecule has 3 heterocycles. The Morgan fingerprint density at radius 3 is 2.57 bits per heavy atom. The Labute approximate surface area is 168 Å². The lowest BCUT2D eigenvalue weighted by Gasteiger charge is -2.12. The molecule has 0 spiro atoms. The summed E-state index contributed by atoms with van der Waals surface area (Å²) in [6.45, 7) is 9.27. The highest BCUT2D eigenvalue weighted by atomic mass is 32.1. The number of benzene rings is 1. The molecule has 0 saturated heterocycles. The molecule has 7 heteroatoms. The van der Waals surface area contributed by atoms with Gasteiger partial charge in [-0.2, -0.15) is 8.94 Å². The monoisotopic (exact) mass is 394 g/mol. The van der Waals surface area contributed by atoms with E-state index in [1.165, 1.54) is 17.1 Å². The van der Waals surface area contributed by atoms with Gasteiger partial charge in [0, 0.05) is 17.9 Å². The van der Waals surface area contributed by atoms with Crippen molar-refractivity contribution in [1.29, 1.82) is 0 Å². The van der Waals surface area contributed by atoms with Crippen molar-refractivity contribution in [2.24, 2.45) is 0 Å². The van der Waals surface area contributed by atoms with Crippen molar-refractivity contribution >= 4 is 17.0 Å². The Kier molecular flexibility index (Phi) is 4.63. The zero-order valence-corrected chi connectivity index (χ0v) is 17.6. The van der Waals surface area contributed by atoms with Crippen LogP contribution in [0.15, 0.2) is 42.9 Å². The molecule has 0 bridgehead atoms. The van der Waals surface area contributed by atoms with E-state index in [1.54, 1.807) is 7.11 Å². The Bertz CT molecular complexity index is 1120. The third kappa shape index (κ3) is 3.38. The van der Waals surface area contributed by atoms with Gasteiger partial charge in [-0.1, -0.05) is 20.8 Å². The van der Waals surface area contributed by atoms with E-state index in [1.807, 2.05) is 24.5 Å². The Morgan fingerprint density at radius 1 is 1.18 bits per heavy atom. The normalized spacial score (nSPS) is 11.9. The minimum Gasteiger partial charge on any atom is -0.497 e. The second-order valence-corrected chi connectivity index (χ2v) is 8.62. The van der Waals surface area contributed by atoms with E-state index in [2.05, 4.69) is 64.3 Å². The van der Waals surface area contributed by atoms with Crippen LogP contribution in [0.3, 0.4) is 0 Å². The molecule has 144 valence electrons. The summed E-state index contributed by atoms with van der Waals surface area (Å²) in [5.74, 6) is 2.56. The summed E-state index contributed by atoms with van der Waals surface area (Å²) in [5, 5.41) is 0.845. The van der Waals surface area contributed by atoms with Crippen molar-refractivity contribution < 1.29 is 9.30 Å².